The Kier molecular flexibility index (Phi) is 12.7. The number of fused-ring (bicyclic) bond motifs is 6. The number of hydrogen-bond donors (Lipinski definition) is 0. The Morgan fingerprint density at radius 2 is 0.646 bits per heavy atom. The van der Waals surface area contributed by atoms with Crippen LogP contribution in [0, 0.1) is 0 Å². The van der Waals surface area contributed by atoms with E-state index in [1.807, 2.05) is 72.8 Å². The predicted octanol–water partition coefficient (Wildman–Crippen LogP) is 16.9. The number of benzene rings is 10. The summed E-state index contributed by atoms with van der Waals surface area (Å²) in [5, 5.41) is 6.75. The predicted molar refractivity (Wildman–Crippen MR) is 326 cm³/mol. The van der Waals surface area contributed by atoms with Crippen molar-refractivity contribution in [3.8, 4) is 78.9 Å². The van der Waals surface area contributed by atoms with E-state index in [0.717, 1.165) is 93.8 Å². The Balaban J connectivity index is 0.000000154. The first-order chi connectivity index (χ1) is 38.7. The second-order valence-corrected chi connectivity index (χ2v) is 21.0. The zero-order valence-electron chi connectivity index (χ0n) is 44.4. The summed E-state index contributed by atoms with van der Waals surface area (Å²) in [6.45, 7) is 8.35. The van der Waals surface area contributed by atoms with E-state index in [1.165, 1.54) is 16.5 Å². The Morgan fingerprint density at radius 1 is 0.291 bits per heavy atom. The lowest BCUT2D eigenvalue weighted by atomic mass is 9.78. The fourth-order valence-corrected chi connectivity index (χ4v) is 10.7. The third-order valence-corrected chi connectivity index (χ3v) is 15.4. The topological polar surface area (TPSA) is 82.9 Å². The second-order valence-electron chi connectivity index (χ2n) is 21.0. The maximum atomic E-state index is 6.38. The molecule has 14 rings (SSSR count). The highest BCUT2D eigenvalue weighted by Gasteiger charge is 2.51. The van der Waals surface area contributed by atoms with Crippen molar-refractivity contribution in [1.82, 2.24) is 24.9 Å². The molecule has 1 aliphatic rings. The summed E-state index contributed by atoms with van der Waals surface area (Å²) in [4.78, 5) is 25.2. The summed E-state index contributed by atoms with van der Waals surface area (Å²) in [6.07, 6.45) is 0. The van der Waals surface area contributed by atoms with Gasteiger partial charge in [-0.25, -0.2) is 24.9 Å². The lowest BCUT2D eigenvalue weighted by Gasteiger charge is -2.32. The SMILES string of the molecule is CC1(C)OB(c2ccc3nc(-c4ccccc4)c4cccc(-c5ccccc5)c4c3c2)OC1(C)C.c1ccc(-c2nc(-c3ccccc3)nc(-c3ccc4nc(-c5ccccc5)c5cccc(-c6ccccc6)c5c4c3)n2)cc1. The number of aromatic nitrogens is 5. The van der Waals surface area contributed by atoms with Crippen molar-refractivity contribution in [3.05, 3.63) is 255 Å². The molecule has 0 spiro atoms. The maximum absolute atomic E-state index is 6.38. The van der Waals surface area contributed by atoms with E-state index in [4.69, 9.17) is 34.2 Å². The monoisotopic (exact) mass is 1020 g/mol. The Hall–Kier alpha value is -9.47. The van der Waals surface area contributed by atoms with Gasteiger partial charge in [-0.2, -0.15) is 0 Å². The average Bonchev–Trinajstić information content (AvgIpc) is 3.91. The first-order valence-electron chi connectivity index (χ1n) is 26.8. The first-order valence-corrected chi connectivity index (χ1v) is 26.8. The molecule has 1 saturated heterocycles. The molecule has 3 aromatic heterocycles. The second kappa shape index (κ2) is 20.5. The van der Waals surface area contributed by atoms with Gasteiger partial charge in [0.15, 0.2) is 17.5 Å². The molecule has 8 heteroatoms. The van der Waals surface area contributed by atoms with E-state index < -0.39 is 7.12 Å². The molecule has 13 aromatic rings. The smallest absolute Gasteiger partial charge is 0.399 e. The normalized spacial score (nSPS) is 13.6. The number of rotatable bonds is 8. The maximum Gasteiger partial charge on any atom is 0.494 e. The Labute approximate surface area is 460 Å². The Morgan fingerprint density at radius 3 is 1.06 bits per heavy atom. The summed E-state index contributed by atoms with van der Waals surface area (Å²) >= 11 is 0. The third kappa shape index (κ3) is 9.41. The van der Waals surface area contributed by atoms with Gasteiger partial charge in [-0.05, 0) is 79.7 Å². The van der Waals surface area contributed by atoms with Crippen molar-refractivity contribution < 1.29 is 9.31 Å². The standard InChI is InChI=1S/C40H26N4.C31H28BNO2/c1-5-14-27(15-6-1)32-22-13-23-33-36(32)34-26-31(24-25-35(34)41-37(33)28-16-7-2-8-17-28)40-43-38(29-18-9-3-10-19-29)42-39(44-40)30-20-11-4-12-21-30;1-30(2)31(3,4)35-32(34-30)23-18-19-27-26(20-23)28-24(21-12-7-5-8-13-21)16-11-17-25(28)29(33-27)22-14-9-6-10-15-22/h1-26H;5-20H,1-4H3. The van der Waals surface area contributed by atoms with E-state index in [9.17, 15) is 0 Å². The van der Waals surface area contributed by atoms with Crippen molar-refractivity contribution in [2.24, 2.45) is 0 Å². The fourth-order valence-electron chi connectivity index (χ4n) is 10.7. The molecule has 0 bridgehead atoms. The van der Waals surface area contributed by atoms with Crippen molar-refractivity contribution in [2.45, 2.75) is 38.9 Å². The van der Waals surface area contributed by atoms with Gasteiger partial charge in [0.25, 0.3) is 0 Å². The highest BCUT2D eigenvalue weighted by Crippen LogP contribution is 2.42. The van der Waals surface area contributed by atoms with Crippen LogP contribution in [0.4, 0.5) is 0 Å². The quantitative estimate of drug-likeness (QED) is 0.111. The minimum Gasteiger partial charge on any atom is -0.399 e. The van der Waals surface area contributed by atoms with E-state index in [1.54, 1.807) is 0 Å². The molecule has 7 nitrogen and oxygen atoms in total. The van der Waals surface area contributed by atoms with Gasteiger partial charge in [0.1, 0.15) is 0 Å². The van der Waals surface area contributed by atoms with Gasteiger partial charge < -0.3 is 9.31 Å². The molecule has 4 heterocycles. The number of pyridine rings is 2. The molecule has 0 amide bonds. The van der Waals surface area contributed by atoms with E-state index >= 15 is 0 Å². The summed E-state index contributed by atoms with van der Waals surface area (Å²) in [7, 11) is -0.419. The molecular formula is C71H54BN5O2. The van der Waals surface area contributed by atoms with Crippen molar-refractivity contribution in [3.63, 3.8) is 0 Å². The number of hydrogen-bond acceptors (Lipinski definition) is 7. The molecule has 1 fully saturated rings. The molecule has 1 aliphatic heterocycles. The summed E-state index contributed by atoms with van der Waals surface area (Å²) in [6, 6.07) is 87.8. The molecule has 0 radical (unpaired) electrons. The van der Waals surface area contributed by atoms with Crippen LogP contribution in [0.15, 0.2) is 255 Å². The fraction of sp³-hybridized carbons (Fsp3) is 0.0845. The van der Waals surface area contributed by atoms with Gasteiger partial charge in [0, 0.05) is 60.1 Å². The molecule has 378 valence electrons. The van der Waals surface area contributed by atoms with Crippen LogP contribution in [-0.2, 0) is 9.31 Å². The minimum absolute atomic E-state index is 0.390. The molecule has 0 N–H and O–H groups in total. The third-order valence-electron chi connectivity index (χ3n) is 15.4. The van der Waals surface area contributed by atoms with E-state index in [2.05, 4.69) is 210 Å². The molecule has 0 aliphatic carbocycles. The molecule has 0 saturated carbocycles. The van der Waals surface area contributed by atoms with Gasteiger partial charge >= 0.3 is 7.12 Å². The van der Waals surface area contributed by atoms with Crippen molar-refractivity contribution in [1.29, 1.82) is 0 Å². The largest absolute Gasteiger partial charge is 0.494 e. The van der Waals surface area contributed by atoms with E-state index in [0.29, 0.717) is 17.5 Å². The zero-order chi connectivity index (χ0) is 53.5. The molecule has 0 unspecified atom stereocenters. The van der Waals surface area contributed by atoms with Gasteiger partial charge in [0.2, 0.25) is 0 Å². The lowest BCUT2D eigenvalue weighted by Crippen LogP contribution is -2.41. The molecule has 79 heavy (non-hydrogen) atoms. The van der Waals surface area contributed by atoms with Gasteiger partial charge in [-0.15, -0.1) is 0 Å². The van der Waals surface area contributed by atoms with Crippen molar-refractivity contribution in [2.75, 3.05) is 0 Å². The summed E-state index contributed by atoms with van der Waals surface area (Å²) in [5.41, 5.74) is 13.8. The zero-order valence-corrected chi connectivity index (χ0v) is 44.4. The van der Waals surface area contributed by atoms with Crippen LogP contribution in [0.3, 0.4) is 0 Å². The molecular weight excluding hydrogens is 966 g/mol. The van der Waals surface area contributed by atoms with Crippen LogP contribution in [0.2, 0.25) is 0 Å². The van der Waals surface area contributed by atoms with Gasteiger partial charge in [-0.1, -0.05) is 231 Å². The van der Waals surface area contributed by atoms with E-state index in [-0.39, 0.29) is 11.2 Å². The minimum atomic E-state index is -0.419. The van der Waals surface area contributed by atoms with Crippen LogP contribution in [0.1, 0.15) is 27.7 Å². The average molecular weight is 1020 g/mol. The number of nitrogens with zero attached hydrogens (tertiary/aromatic N) is 5. The summed E-state index contributed by atoms with van der Waals surface area (Å²) in [5.74, 6) is 1.90. The van der Waals surface area contributed by atoms with Crippen molar-refractivity contribution >= 4 is 55.9 Å². The lowest BCUT2D eigenvalue weighted by molar-refractivity contribution is 0.00578. The van der Waals surface area contributed by atoms with Crippen LogP contribution in [-0.4, -0.2) is 43.2 Å². The molecule has 10 aromatic carbocycles. The highest BCUT2D eigenvalue weighted by molar-refractivity contribution is 6.62. The van der Waals surface area contributed by atoms with Crippen LogP contribution in [0.5, 0.6) is 0 Å². The first kappa shape index (κ1) is 49.1. The Bertz CT molecular complexity index is 4280. The van der Waals surface area contributed by atoms with Crippen LogP contribution >= 0.6 is 0 Å². The van der Waals surface area contributed by atoms with Crippen LogP contribution in [0.25, 0.3) is 122 Å². The van der Waals surface area contributed by atoms with Gasteiger partial charge in [-0.3, -0.25) is 0 Å². The highest BCUT2D eigenvalue weighted by atomic mass is 16.7. The van der Waals surface area contributed by atoms with Gasteiger partial charge in [0.05, 0.1) is 33.6 Å². The van der Waals surface area contributed by atoms with Crippen LogP contribution < -0.4 is 5.46 Å². The molecule has 0 atom stereocenters. The summed E-state index contributed by atoms with van der Waals surface area (Å²) < 4.78 is 12.8.